The van der Waals surface area contributed by atoms with Crippen molar-refractivity contribution in [3.05, 3.63) is 64.3 Å². The highest BCUT2D eigenvalue weighted by molar-refractivity contribution is 6.31. The normalized spacial score (nSPS) is 11.4. The number of carbonyl (C=O) groups excluding carboxylic acids is 1. The van der Waals surface area contributed by atoms with Crippen LogP contribution in [0.4, 0.5) is 4.39 Å². The summed E-state index contributed by atoms with van der Waals surface area (Å²) in [6, 6.07) is 10.1. The molecule has 0 spiro atoms. The molecule has 0 saturated carbocycles. The summed E-state index contributed by atoms with van der Waals surface area (Å²) < 4.78 is 15.3. The van der Waals surface area contributed by atoms with E-state index in [0.717, 1.165) is 16.5 Å². The van der Waals surface area contributed by atoms with Crippen LogP contribution in [0.5, 0.6) is 0 Å². The molecular formula is C21H20ClFN4O. The quantitative estimate of drug-likeness (QED) is 0.515. The molecule has 2 heterocycles. The Morgan fingerprint density at radius 2 is 2.11 bits per heavy atom. The van der Waals surface area contributed by atoms with E-state index in [1.165, 1.54) is 12.1 Å². The van der Waals surface area contributed by atoms with E-state index in [2.05, 4.69) is 15.3 Å². The average Bonchev–Trinajstić information content (AvgIpc) is 3.19. The van der Waals surface area contributed by atoms with Gasteiger partial charge in [-0.3, -0.25) is 4.79 Å². The van der Waals surface area contributed by atoms with Crippen molar-refractivity contribution < 1.29 is 9.18 Å². The first-order valence-electron chi connectivity index (χ1n) is 9.18. The monoisotopic (exact) mass is 398 g/mol. The zero-order valence-electron chi connectivity index (χ0n) is 15.6. The number of amides is 1. The predicted molar refractivity (Wildman–Crippen MR) is 109 cm³/mol. The van der Waals surface area contributed by atoms with E-state index in [1.807, 2.05) is 36.6 Å². The number of H-pyrrole nitrogens is 1. The van der Waals surface area contributed by atoms with Crippen LogP contribution >= 0.6 is 11.6 Å². The molecule has 2 aromatic heterocycles. The minimum Gasteiger partial charge on any atom is -0.350 e. The lowest BCUT2D eigenvalue weighted by atomic mass is 10.1. The Hall–Kier alpha value is -2.86. The highest BCUT2D eigenvalue weighted by Crippen LogP contribution is 2.28. The predicted octanol–water partition coefficient (Wildman–Crippen LogP) is 4.61. The van der Waals surface area contributed by atoms with Gasteiger partial charge in [-0.05, 0) is 55.8 Å². The molecule has 0 radical (unpaired) electrons. The minimum absolute atomic E-state index is 0.131. The zero-order chi connectivity index (χ0) is 19.8. The Balaban J connectivity index is 1.52. The number of hydrogen-bond donors (Lipinski definition) is 2. The van der Waals surface area contributed by atoms with E-state index in [1.54, 1.807) is 6.07 Å². The van der Waals surface area contributed by atoms with Gasteiger partial charge in [-0.15, -0.1) is 0 Å². The molecule has 0 aliphatic heterocycles. The summed E-state index contributed by atoms with van der Waals surface area (Å²) in [6.07, 6.45) is 0.527. The van der Waals surface area contributed by atoms with Crippen LogP contribution in [-0.2, 0) is 13.0 Å². The molecule has 7 heteroatoms. The van der Waals surface area contributed by atoms with Crippen molar-refractivity contribution in [3.63, 3.8) is 0 Å². The lowest BCUT2D eigenvalue weighted by Crippen LogP contribution is -2.28. The Kier molecular flexibility index (Phi) is 4.81. The molecule has 5 nitrogen and oxygen atoms in total. The molecule has 0 aliphatic carbocycles. The number of benzene rings is 2. The van der Waals surface area contributed by atoms with Gasteiger partial charge in [-0.25, -0.2) is 9.37 Å². The third kappa shape index (κ3) is 3.24. The first-order valence-corrected chi connectivity index (χ1v) is 9.56. The number of aromatic nitrogens is 3. The molecule has 0 saturated heterocycles. The van der Waals surface area contributed by atoms with Crippen LogP contribution in [0.25, 0.3) is 21.9 Å². The largest absolute Gasteiger partial charge is 0.350 e. The van der Waals surface area contributed by atoms with E-state index in [-0.39, 0.29) is 11.7 Å². The summed E-state index contributed by atoms with van der Waals surface area (Å²) in [5, 5.41) is 4.60. The fourth-order valence-electron chi connectivity index (χ4n) is 3.65. The standard InChI is InChI=1S/C21H20ClFN4O/c1-3-27-18-7-4-13(22)10-15(18)12(2)20(27)21(28)24-9-8-19-25-16-6-5-14(23)11-17(16)26-19/h4-7,10-11H,3,8-9H2,1-2H3,(H,24,28)(H,25,26). The first-order chi connectivity index (χ1) is 13.5. The third-order valence-corrected chi connectivity index (χ3v) is 5.19. The van der Waals surface area contributed by atoms with E-state index >= 15 is 0 Å². The highest BCUT2D eigenvalue weighted by Gasteiger charge is 2.19. The first kappa shape index (κ1) is 18.5. The molecule has 28 heavy (non-hydrogen) atoms. The van der Waals surface area contributed by atoms with E-state index in [0.29, 0.717) is 47.1 Å². The number of nitrogens with zero attached hydrogens (tertiary/aromatic N) is 2. The molecular weight excluding hydrogens is 379 g/mol. The van der Waals surface area contributed by atoms with Crippen LogP contribution in [-0.4, -0.2) is 27.0 Å². The molecule has 144 valence electrons. The zero-order valence-corrected chi connectivity index (χ0v) is 16.4. The molecule has 0 atom stereocenters. The second-order valence-corrected chi connectivity index (χ2v) is 7.17. The smallest absolute Gasteiger partial charge is 0.268 e. The Morgan fingerprint density at radius 3 is 2.89 bits per heavy atom. The van der Waals surface area contributed by atoms with Gasteiger partial charge in [0.2, 0.25) is 0 Å². The maximum Gasteiger partial charge on any atom is 0.268 e. The molecule has 1 amide bonds. The number of carbonyl (C=O) groups is 1. The van der Waals surface area contributed by atoms with Gasteiger partial charge in [0.25, 0.3) is 5.91 Å². The van der Waals surface area contributed by atoms with E-state index in [4.69, 9.17) is 11.6 Å². The van der Waals surface area contributed by atoms with Crippen LogP contribution in [0.3, 0.4) is 0 Å². The van der Waals surface area contributed by atoms with Gasteiger partial charge < -0.3 is 14.9 Å². The number of fused-ring (bicyclic) bond motifs is 2. The number of halogens is 2. The van der Waals surface area contributed by atoms with Crippen molar-refractivity contribution in [2.24, 2.45) is 0 Å². The Labute approximate surface area is 166 Å². The summed E-state index contributed by atoms with van der Waals surface area (Å²) in [6.45, 7) is 5.06. The molecule has 0 aliphatic rings. The average molecular weight is 399 g/mol. The van der Waals surface area contributed by atoms with Crippen molar-refractivity contribution in [1.82, 2.24) is 19.9 Å². The lowest BCUT2D eigenvalue weighted by molar-refractivity contribution is 0.0944. The summed E-state index contributed by atoms with van der Waals surface area (Å²) in [5.41, 5.74) is 3.91. The molecule has 4 aromatic rings. The Morgan fingerprint density at radius 1 is 1.29 bits per heavy atom. The van der Waals surface area contributed by atoms with Gasteiger partial charge in [-0.2, -0.15) is 0 Å². The van der Waals surface area contributed by atoms with Crippen LogP contribution in [0.15, 0.2) is 36.4 Å². The lowest BCUT2D eigenvalue weighted by Gasteiger charge is -2.09. The molecule has 0 bridgehead atoms. The fraction of sp³-hybridized carbons (Fsp3) is 0.238. The molecule has 0 fully saturated rings. The number of imidazole rings is 1. The van der Waals surface area contributed by atoms with E-state index < -0.39 is 0 Å². The second kappa shape index (κ2) is 7.28. The number of nitrogens with one attached hydrogen (secondary N) is 2. The van der Waals surface area contributed by atoms with Crippen molar-refractivity contribution in [2.45, 2.75) is 26.8 Å². The summed E-state index contributed by atoms with van der Waals surface area (Å²) in [7, 11) is 0. The van der Waals surface area contributed by atoms with Crippen molar-refractivity contribution >= 4 is 39.4 Å². The van der Waals surface area contributed by atoms with Gasteiger partial charge in [-0.1, -0.05) is 11.6 Å². The number of rotatable bonds is 5. The molecule has 2 aromatic carbocycles. The summed E-state index contributed by atoms with van der Waals surface area (Å²) in [4.78, 5) is 20.4. The van der Waals surface area contributed by atoms with Crippen molar-refractivity contribution in [2.75, 3.05) is 6.54 Å². The maximum atomic E-state index is 13.3. The van der Waals surface area contributed by atoms with Gasteiger partial charge in [0, 0.05) is 35.4 Å². The molecule has 0 unspecified atom stereocenters. The number of aromatic amines is 1. The van der Waals surface area contributed by atoms with Crippen LogP contribution in [0.1, 0.15) is 28.8 Å². The molecule has 4 rings (SSSR count). The van der Waals surface area contributed by atoms with Gasteiger partial charge in [0.05, 0.1) is 11.0 Å². The maximum absolute atomic E-state index is 13.3. The summed E-state index contributed by atoms with van der Waals surface area (Å²) in [5.74, 6) is 0.272. The van der Waals surface area contributed by atoms with Crippen molar-refractivity contribution in [1.29, 1.82) is 0 Å². The van der Waals surface area contributed by atoms with Gasteiger partial charge in [0.1, 0.15) is 17.3 Å². The van der Waals surface area contributed by atoms with Gasteiger partial charge >= 0.3 is 0 Å². The Bertz CT molecular complexity index is 1190. The van der Waals surface area contributed by atoms with Gasteiger partial charge in [0.15, 0.2) is 0 Å². The number of aryl methyl sites for hydroxylation is 2. The third-order valence-electron chi connectivity index (χ3n) is 4.95. The fourth-order valence-corrected chi connectivity index (χ4v) is 3.82. The van der Waals surface area contributed by atoms with Crippen LogP contribution < -0.4 is 5.32 Å². The number of hydrogen-bond acceptors (Lipinski definition) is 2. The van der Waals surface area contributed by atoms with Crippen molar-refractivity contribution in [3.8, 4) is 0 Å². The highest BCUT2D eigenvalue weighted by atomic mass is 35.5. The van der Waals surface area contributed by atoms with Crippen LogP contribution in [0, 0.1) is 12.7 Å². The minimum atomic E-state index is -0.307. The second-order valence-electron chi connectivity index (χ2n) is 6.73. The SMILES string of the molecule is CCn1c(C(=O)NCCc2nc3ccc(F)cc3[nH]2)c(C)c2cc(Cl)ccc21. The summed E-state index contributed by atoms with van der Waals surface area (Å²) >= 11 is 6.13. The molecule has 2 N–H and O–H groups in total. The topological polar surface area (TPSA) is 62.7 Å². The van der Waals surface area contributed by atoms with Crippen LogP contribution in [0.2, 0.25) is 5.02 Å². The van der Waals surface area contributed by atoms with E-state index in [9.17, 15) is 9.18 Å².